The normalized spacial score (nSPS) is 20.4. The number of aliphatic carboxylic acids is 1. The topological polar surface area (TPSA) is 70.1 Å². The van der Waals surface area contributed by atoms with Crippen LogP contribution in [0, 0.1) is 0 Å². The molecule has 1 saturated heterocycles. The highest BCUT2D eigenvalue weighted by atomic mass is 16.6. The Morgan fingerprint density at radius 2 is 1.96 bits per heavy atom. The predicted octanol–water partition coefficient (Wildman–Crippen LogP) is 2.34. The van der Waals surface area contributed by atoms with Crippen LogP contribution in [0.25, 0.3) is 0 Å². The van der Waals surface area contributed by atoms with Crippen LogP contribution in [0.5, 0.6) is 0 Å². The van der Waals surface area contributed by atoms with E-state index in [9.17, 15) is 9.59 Å². The minimum atomic E-state index is -0.807. The quantitative estimate of drug-likeness (QED) is 0.830. The summed E-state index contributed by atoms with van der Waals surface area (Å²) in [6, 6.07) is 10.0. The maximum Gasteiger partial charge on any atom is 0.410 e. The Morgan fingerprint density at radius 1 is 1.21 bits per heavy atom. The smallest absolute Gasteiger partial charge is 0.410 e. The molecule has 130 valence electrons. The molecular formula is C18H24N2O4. The first-order chi connectivity index (χ1) is 11.6. The molecule has 0 bridgehead atoms. The summed E-state index contributed by atoms with van der Waals surface area (Å²) in [6.07, 6.45) is 3.66. The van der Waals surface area contributed by atoms with Gasteiger partial charge >= 0.3 is 12.1 Å². The minimum absolute atomic E-state index is 0.0493. The zero-order valence-corrected chi connectivity index (χ0v) is 13.8. The fourth-order valence-corrected chi connectivity index (χ4v) is 3.29. The number of benzene rings is 1. The van der Waals surface area contributed by atoms with Crippen molar-refractivity contribution in [2.24, 2.45) is 0 Å². The molecule has 0 aromatic heterocycles. The summed E-state index contributed by atoms with van der Waals surface area (Å²) in [6.45, 7) is 1.62. The maximum absolute atomic E-state index is 12.4. The first-order valence-electron chi connectivity index (χ1n) is 8.56. The van der Waals surface area contributed by atoms with Gasteiger partial charge in [0.1, 0.15) is 6.61 Å². The van der Waals surface area contributed by atoms with Crippen LogP contribution >= 0.6 is 0 Å². The average molecular weight is 332 g/mol. The molecule has 2 aliphatic rings. The van der Waals surface area contributed by atoms with Crippen molar-refractivity contribution >= 4 is 12.1 Å². The highest BCUT2D eigenvalue weighted by Gasteiger charge is 2.36. The van der Waals surface area contributed by atoms with E-state index in [1.807, 2.05) is 35.2 Å². The van der Waals surface area contributed by atoms with Crippen LogP contribution in [0.4, 0.5) is 4.79 Å². The zero-order chi connectivity index (χ0) is 16.9. The van der Waals surface area contributed by atoms with E-state index in [0.29, 0.717) is 19.1 Å². The molecule has 1 aliphatic heterocycles. The molecule has 1 aromatic carbocycles. The summed E-state index contributed by atoms with van der Waals surface area (Å²) in [7, 11) is 0. The van der Waals surface area contributed by atoms with Gasteiger partial charge in [-0.2, -0.15) is 0 Å². The fraction of sp³-hybridized carbons (Fsp3) is 0.556. The summed E-state index contributed by atoms with van der Waals surface area (Å²) in [4.78, 5) is 27.2. The Bertz CT molecular complexity index is 574. The molecule has 6 heteroatoms. The van der Waals surface area contributed by atoms with Gasteiger partial charge in [-0.15, -0.1) is 0 Å². The van der Waals surface area contributed by atoms with Gasteiger partial charge in [0.25, 0.3) is 0 Å². The van der Waals surface area contributed by atoms with Crippen molar-refractivity contribution in [2.45, 2.75) is 44.4 Å². The molecule has 1 unspecified atom stereocenters. The standard InChI is InChI=1S/C18H24N2O4/c21-17(22)12-19(15-8-9-15)11-16-7-4-10-20(16)18(23)24-13-14-5-2-1-3-6-14/h1-3,5-6,15-16H,4,7-13H2,(H,21,22). The summed E-state index contributed by atoms with van der Waals surface area (Å²) >= 11 is 0. The Kier molecular flexibility index (Phi) is 5.35. The molecule has 3 rings (SSSR count). The molecule has 1 atom stereocenters. The molecule has 1 N–H and O–H groups in total. The highest BCUT2D eigenvalue weighted by Crippen LogP contribution is 2.29. The van der Waals surface area contributed by atoms with Crippen LogP contribution in [0.15, 0.2) is 30.3 Å². The van der Waals surface area contributed by atoms with E-state index in [1.165, 1.54) is 0 Å². The number of nitrogens with zero attached hydrogens (tertiary/aromatic N) is 2. The van der Waals surface area contributed by atoms with Gasteiger partial charge in [0.05, 0.1) is 6.54 Å². The molecule has 1 aliphatic carbocycles. The van der Waals surface area contributed by atoms with Crippen molar-refractivity contribution in [1.29, 1.82) is 0 Å². The molecular weight excluding hydrogens is 308 g/mol. The molecule has 1 aromatic rings. The van der Waals surface area contributed by atoms with Crippen LogP contribution in [0.3, 0.4) is 0 Å². The van der Waals surface area contributed by atoms with Crippen LogP contribution in [0.2, 0.25) is 0 Å². The second kappa shape index (κ2) is 7.66. The number of carboxylic acids is 1. The summed E-state index contributed by atoms with van der Waals surface area (Å²) in [5, 5.41) is 9.07. The number of ether oxygens (including phenoxy) is 1. The van der Waals surface area contributed by atoms with Crippen molar-refractivity contribution in [3.05, 3.63) is 35.9 Å². The van der Waals surface area contributed by atoms with Crippen LogP contribution in [0.1, 0.15) is 31.2 Å². The summed E-state index contributed by atoms with van der Waals surface area (Å²) in [5.74, 6) is -0.807. The van der Waals surface area contributed by atoms with Crippen molar-refractivity contribution in [3.8, 4) is 0 Å². The molecule has 6 nitrogen and oxygen atoms in total. The number of hydrogen-bond acceptors (Lipinski definition) is 4. The lowest BCUT2D eigenvalue weighted by Crippen LogP contribution is -2.45. The number of carboxylic acid groups (broad SMARTS) is 1. The van der Waals surface area contributed by atoms with E-state index in [0.717, 1.165) is 31.2 Å². The third kappa shape index (κ3) is 4.47. The minimum Gasteiger partial charge on any atom is -0.480 e. The Morgan fingerprint density at radius 3 is 2.62 bits per heavy atom. The predicted molar refractivity (Wildman–Crippen MR) is 88.6 cm³/mol. The van der Waals surface area contributed by atoms with E-state index >= 15 is 0 Å². The molecule has 0 spiro atoms. The summed E-state index contributed by atoms with van der Waals surface area (Å²) < 4.78 is 5.43. The maximum atomic E-state index is 12.4. The summed E-state index contributed by atoms with van der Waals surface area (Å²) in [5.41, 5.74) is 0.965. The van der Waals surface area contributed by atoms with Gasteiger partial charge < -0.3 is 14.7 Å². The third-order valence-corrected chi connectivity index (χ3v) is 4.66. The van der Waals surface area contributed by atoms with Crippen LogP contribution < -0.4 is 0 Å². The van der Waals surface area contributed by atoms with E-state index in [4.69, 9.17) is 9.84 Å². The largest absolute Gasteiger partial charge is 0.480 e. The molecule has 0 radical (unpaired) electrons. The average Bonchev–Trinajstić information content (AvgIpc) is 3.32. The number of carbonyl (C=O) groups is 2. The lowest BCUT2D eigenvalue weighted by molar-refractivity contribution is -0.138. The van der Waals surface area contributed by atoms with Gasteiger partial charge in [-0.05, 0) is 31.2 Å². The van der Waals surface area contributed by atoms with E-state index < -0.39 is 5.97 Å². The van der Waals surface area contributed by atoms with Crippen LogP contribution in [-0.4, -0.2) is 58.7 Å². The van der Waals surface area contributed by atoms with E-state index in [-0.39, 0.29) is 25.3 Å². The van der Waals surface area contributed by atoms with Crippen molar-refractivity contribution in [3.63, 3.8) is 0 Å². The lowest BCUT2D eigenvalue weighted by Gasteiger charge is -2.29. The van der Waals surface area contributed by atoms with Crippen molar-refractivity contribution in [2.75, 3.05) is 19.6 Å². The first kappa shape index (κ1) is 16.8. The monoisotopic (exact) mass is 332 g/mol. The van der Waals surface area contributed by atoms with Gasteiger partial charge in [0.2, 0.25) is 0 Å². The van der Waals surface area contributed by atoms with E-state index in [1.54, 1.807) is 4.90 Å². The third-order valence-electron chi connectivity index (χ3n) is 4.66. The molecule has 2 fully saturated rings. The number of amides is 1. The van der Waals surface area contributed by atoms with Crippen molar-refractivity contribution in [1.82, 2.24) is 9.80 Å². The highest BCUT2D eigenvalue weighted by molar-refractivity contribution is 5.69. The molecule has 1 saturated carbocycles. The second-order valence-electron chi connectivity index (χ2n) is 6.58. The second-order valence-corrected chi connectivity index (χ2v) is 6.58. The van der Waals surface area contributed by atoms with Crippen molar-refractivity contribution < 1.29 is 19.4 Å². The Balaban J connectivity index is 1.54. The lowest BCUT2D eigenvalue weighted by atomic mass is 10.2. The zero-order valence-electron chi connectivity index (χ0n) is 13.8. The van der Waals surface area contributed by atoms with Gasteiger partial charge in [-0.25, -0.2) is 4.79 Å². The van der Waals surface area contributed by atoms with Gasteiger partial charge in [0.15, 0.2) is 0 Å². The van der Waals surface area contributed by atoms with Crippen LogP contribution in [-0.2, 0) is 16.1 Å². The SMILES string of the molecule is O=C(O)CN(CC1CCCN1C(=O)OCc1ccccc1)C1CC1. The van der Waals surface area contributed by atoms with Gasteiger partial charge in [-0.3, -0.25) is 9.69 Å². The van der Waals surface area contributed by atoms with Gasteiger partial charge in [-0.1, -0.05) is 30.3 Å². The number of likely N-dealkylation sites (tertiary alicyclic amines) is 1. The molecule has 24 heavy (non-hydrogen) atoms. The molecule has 1 amide bonds. The Labute approximate surface area is 142 Å². The number of carbonyl (C=O) groups excluding carboxylic acids is 1. The van der Waals surface area contributed by atoms with E-state index in [2.05, 4.69) is 0 Å². The fourth-order valence-electron chi connectivity index (χ4n) is 3.29. The first-order valence-corrected chi connectivity index (χ1v) is 8.56. The number of rotatable bonds is 7. The Hall–Kier alpha value is -2.08. The molecule has 1 heterocycles. The number of hydrogen-bond donors (Lipinski definition) is 1. The van der Waals surface area contributed by atoms with Gasteiger partial charge in [0, 0.05) is 25.2 Å².